The van der Waals surface area contributed by atoms with E-state index in [0.29, 0.717) is 5.95 Å². The van der Waals surface area contributed by atoms with Crippen LogP contribution in [0.15, 0.2) is 152 Å². The Morgan fingerprint density at radius 1 is 0.571 bits per heavy atom. The molecule has 232 valence electrons. The van der Waals surface area contributed by atoms with Crippen LogP contribution < -0.4 is 0 Å². The maximum Gasteiger partial charge on any atom is 0.235 e. The molecule has 3 aromatic heterocycles. The lowest BCUT2D eigenvalue weighted by Gasteiger charge is -2.22. The van der Waals surface area contributed by atoms with Crippen molar-refractivity contribution in [3.8, 4) is 34.0 Å². The Kier molecular flexibility index (Phi) is 5.89. The number of para-hydroxylation sites is 2. The molecule has 0 N–H and O–H groups in total. The second-order valence-electron chi connectivity index (χ2n) is 13.6. The predicted molar refractivity (Wildman–Crippen MR) is 204 cm³/mol. The number of allylic oxidation sites excluding steroid dienone is 1. The van der Waals surface area contributed by atoms with Gasteiger partial charge in [0.15, 0.2) is 0 Å². The van der Waals surface area contributed by atoms with Gasteiger partial charge in [0.05, 0.1) is 27.9 Å². The third-order valence-electron chi connectivity index (χ3n) is 10.2. The van der Waals surface area contributed by atoms with Crippen molar-refractivity contribution in [1.29, 1.82) is 0 Å². The summed E-state index contributed by atoms with van der Waals surface area (Å²) in [6.45, 7) is 4.51. The number of rotatable bonds is 4. The molecule has 9 aromatic rings. The van der Waals surface area contributed by atoms with Gasteiger partial charge in [0, 0.05) is 44.6 Å². The summed E-state index contributed by atoms with van der Waals surface area (Å²) in [4.78, 5) is 10.9. The largest absolute Gasteiger partial charge is 0.316 e. The van der Waals surface area contributed by atoms with Gasteiger partial charge in [-0.05, 0) is 64.4 Å². The van der Waals surface area contributed by atoms with Crippen molar-refractivity contribution in [3.05, 3.63) is 163 Å². The quantitative estimate of drug-likeness (QED) is 0.194. The number of hydrogen-bond acceptors (Lipinski definition) is 2. The number of nitrogens with zero attached hydrogens (tertiary/aromatic N) is 4. The summed E-state index contributed by atoms with van der Waals surface area (Å²) in [5.41, 5.74) is 10.9. The van der Waals surface area contributed by atoms with Gasteiger partial charge in [-0.3, -0.25) is 4.57 Å². The first-order chi connectivity index (χ1) is 24.0. The molecule has 0 saturated heterocycles. The van der Waals surface area contributed by atoms with Crippen LogP contribution in [0.5, 0.6) is 0 Å². The molecule has 10 rings (SSSR count). The second-order valence-corrected chi connectivity index (χ2v) is 13.6. The van der Waals surface area contributed by atoms with Gasteiger partial charge in [0.2, 0.25) is 5.95 Å². The van der Waals surface area contributed by atoms with Crippen LogP contribution in [0.1, 0.15) is 25.1 Å². The number of aromatic nitrogens is 4. The van der Waals surface area contributed by atoms with E-state index in [0.717, 1.165) is 50.1 Å². The van der Waals surface area contributed by atoms with E-state index in [2.05, 4.69) is 181 Å². The Hall–Kier alpha value is -6.26. The Balaban J connectivity index is 1.25. The second kappa shape index (κ2) is 10.4. The molecular formula is C45H32N4. The molecular weight excluding hydrogens is 597 g/mol. The first-order valence-corrected chi connectivity index (χ1v) is 16.8. The fourth-order valence-electron chi connectivity index (χ4n) is 7.91. The van der Waals surface area contributed by atoms with Crippen LogP contribution in [0.3, 0.4) is 0 Å². The summed E-state index contributed by atoms with van der Waals surface area (Å²) in [5.74, 6) is 0.679. The number of hydrogen-bond donors (Lipinski definition) is 0. The highest BCUT2D eigenvalue weighted by Gasteiger charge is 2.32. The van der Waals surface area contributed by atoms with Gasteiger partial charge in [0.25, 0.3) is 0 Å². The molecule has 3 heterocycles. The van der Waals surface area contributed by atoms with Gasteiger partial charge in [-0.2, -0.15) is 0 Å². The van der Waals surface area contributed by atoms with Gasteiger partial charge in [-0.15, -0.1) is 0 Å². The summed E-state index contributed by atoms with van der Waals surface area (Å²) in [7, 11) is 0. The van der Waals surface area contributed by atoms with Crippen molar-refractivity contribution in [2.24, 2.45) is 0 Å². The first-order valence-electron chi connectivity index (χ1n) is 16.8. The zero-order chi connectivity index (χ0) is 32.7. The molecule has 0 unspecified atom stereocenters. The highest BCUT2D eigenvalue weighted by atomic mass is 15.2. The van der Waals surface area contributed by atoms with E-state index in [9.17, 15) is 0 Å². The van der Waals surface area contributed by atoms with Gasteiger partial charge >= 0.3 is 0 Å². The first kappa shape index (κ1) is 27.8. The molecule has 0 atom stereocenters. The minimum Gasteiger partial charge on any atom is -0.316 e. The maximum absolute atomic E-state index is 5.53. The number of benzene rings is 6. The van der Waals surface area contributed by atoms with E-state index in [-0.39, 0.29) is 5.41 Å². The lowest BCUT2D eigenvalue weighted by molar-refractivity contribution is 0.677. The van der Waals surface area contributed by atoms with Gasteiger partial charge < -0.3 is 4.57 Å². The topological polar surface area (TPSA) is 35.6 Å². The summed E-state index contributed by atoms with van der Waals surface area (Å²) < 4.78 is 4.54. The Labute approximate surface area is 284 Å². The average Bonchev–Trinajstić information content (AvgIpc) is 3.83. The third-order valence-corrected chi connectivity index (χ3v) is 10.2. The Bertz CT molecular complexity index is 2790. The van der Waals surface area contributed by atoms with Crippen molar-refractivity contribution in [2.45, 2.75) is 19.3 Å². The minimum absolute atomic E-state index is 0.209. The molecule has 0 radical (unpaired) electrons. The molecule has 0 saturated carbocycles. The molecule has 6 aromatic carbocycles. The van der Waals surface area contributed by atoms with E-state index in [1.54, 1.807) is 0 Å². The van der Waals surface area contributed by atoms with Crippen molar-refractivity contribution >= 4 is 49.6 Å². The van der Waals surface area contributed by atoms with Crippen molar-refractivity contribution in [2.75, 3.05) is 0 Å². The standard InChI is InChI=1S/C45H32N4/c1-45(2)26-24-38-41(45)42(31-15-10-14-30(28-31)34-20-11-13-29-12-6-7-18-33(29)34)47-44(46-38)49-40-21-9-8-19-35(40)36-22-23-39-37(43(36)49)25-27-48(39)32-16-4-3-5-17-32/h3-28H,1-2H3. The van der Waals surface area contributed by atoms with Crippen molar-refractivity contribution in [3.63, 3.8) is 0 Å². The molecule has 0 bridgehead atoms. The smallest absolute Gasteiger partial charge is 0.235 e. The maximum atomic E-state index is 5.53. The van der Waals surface area contributed by atoms with Crippen molar-refractivity contribution < 1.29 is 0 Å². The fourth-order valence-corrected chi connectivity index (χ4v) is 7.91. The van der Waals surface area contributed by atoms with E-state index in [1.807, 2.05) is 0 Å². The number of fused-ring (bicyclic) bond motifs is 7. The van der Waals surface area contributed by atoms with Crippen LogP contribution in [0, 0.1) is 0 Å². The summed E-state index contributed by atoms with van der Waals surface area (Å²) in [6.07, 6.45) is 6.60. The van der Waals surface area contributed by atoms with E-state index in [4.69, 9.17) is 9.97 Å². The summed E-state index contributed by atoms with van der Waals surface area (Å²) in [6, 6.07) is 49.8. The predicted octanol–water partition coefficient (Wildman–Crippen LogP) is 11.3. The van der Waals surface area contributed by atoms with Crippen LogP contribution >= 0.6 is 0 Å². The molecule has 0 amide bonds. The van der Waals surface area contributed by atoms with E-state index >= 15 is 0 Å². The molecule has 0 spiro atoms. The van der Waals surface area contributed by atoms with Crippen LogP contribution in [0.4, 0.5) is 0 Å². The van der Waals surface area contributed by atoms with Crippen LogP contribution in [0.2, 0.25) is 0 Å². The molecule has 1 aliphatic carbocycles. The van der Waals surface area contributed by atoms with Crippen LogP contribution in [-0.4, -0.2) is 19.1 Å². The van der Waals surface area contributed by atoms with Gasteiger partial charge in [-0.25, -0.2) is 9.97 Å². The summed E-state index contributed by atoms with van der Waals surface area (Å²) >= 11 is 0. The molecule has 0 fully saturated rings. The SMILES string of the molecule is CC1(C)C=Cc2nc(-n3c4ccccc4c4ccc5c(ccn5-c5ccccc5)c43)nc(-c3cccc(-c4cccc5ccccc45)c3)c21. The molecule has 4 heteroatoms. The average molecular weight is 629 g/mol. The summed E-state index contributed by atoms with van der Waals surface area (Å²) in [5, 5.41) is 6.02. The highest BCUT2D eigenvalue weighted by Crippen LogP contribution is 2.43. The van der Waals surface area contributed by atoms with Crippen molar-refractivity contribution in [1.82, 2.24) is 19.1 Å². The van der Waals surface area contributed by atoms with Crippen LogP contribution in [-0.2, 0) is 5.41 Å². The minimum atomic E-state index is -0.209. The molecule has 0 aliphatic heterocycles. The lowest BCUT2D eigenvalue weighted by atomic mass is 9.84. The van der Waals surface area contributed by atoms with E-state index < -0.39 is 0 Å². The third kappa shape index (κ3) is 4.17. The fraction of sp³-hybridized carbons (Fsp3) is 0.0667. The van der Waals surface area contributed by atoms with Gasteiger partial charge in [-0.1, -0.05) is 123 Å². The highest BCUT2D eigenvalue weighted by molar-refractivity contribution is 6.18. The molecule has 4 nitrogen and oxygen atoms in total. The lowest BCUT2D eigenvalue weighted by Crippen LogP contribution is -2.16. The normalized spacial score (nSPS) is 13.6. The molecule has 49 heavy (non-hydrogen) atoms. The zero-order valence-electron chi connectivity index (χ0n) is 27.3. The Morgan fingerprint density at radius 2 is 1.33 bits per heavy atom. The van der Waals surface area contributed by atoms with Crippen LogP contribution in [0.25, 0.3) is 83.6 Å². The van der Waals surface area contributed by atoms with Gasteiger partial charge in [0.1, 0.15) is 0 Å². The monoisotopic (exact) mass is 628 g/mol. The zero-order valence-corrected chi connectivity index (χ0v) is 27.3. The molecule has 1 aliphatic rings. The Morgan fingerprint density at radius 3 is 2.22 bits per heavy atom. The van der Waals surface area contributed by atoms with E-state index in [1.165, 1.54) is 32.7 Å².